The van der Waals surface area contributed by atoms with Crippen LogP contribution in [-0.4, -0.2) is 56.2 Å². The van der Waals surface area contributed by atoms with Gasteiger partial charge in [-0.1, -0.05) is 12.1 Å². The maximum Gasteiger partial charge on any atom is 0.409 e. The second-order valence-electron chi connectivity index (χ2n) is 9.79. The monoisotopic (exact) mass is 466 g/mol. The molecule has 2 fully saturated rings. The Morgan fingerprint density at radius 3 is 2.65 bits per heavy atom. The van der Waals surface area contributed by atoms with E-state index in [0.717, 1.165) is 68.1 Å². The van der Waals surface area contributed by atoms with Gasteiger partial charge >= 0.3 is 6.09 Å². The predicted octanol–water partition coefficient (Wildman–Crippen LogP) is 4.17. The van der Waals surface area contributed by atoms with E-state index >= 15 is 0 Å². The third-order valence-electron chi connectivity index (χ3n) is 7.68. The molecule has 0 bridgehead atoms. The first-order valence-corrected chi connectivity index (χ1v) is 11.9. The molecule has 0 saturated carbocycles. The molecule has 3 heterocycles. The van der Waals surface area contributed by atoms with Crippen molar-refractivity contribution < 1.29 is 18.7 Å². The SMILES string of the molecule is COC(=O)N1CCC2(CCN(c3cccc(NC(=O)C4Cc5c(F)ccc(C)c5N4)c3)CC2)C1. The summed E-state index contributed by atoms with van der Waals surface area (Å²) in [6.07, 6.45) is 3.16. The lowest BCUT2D eigenvalue weighted by Crippen LogP contribution is -2.42. The van der Waals surface area contributed by atoms with Crippen LogP contribution in [0.15, 0.2) is 36.4 Å². The van der Waals surface area contributed by atoms with Crippen molar-refractivity contribution in [2.75, 3.05) is 48.8 Å². The first-order chi connectivity index (χ1) is 16.4. The summed E-state index contributed by atoms with van der Waals surface area (Å²) in [5.41, 5.74) is 4.22. The number of fused-ring (bicyclic) bond motifs is 1. The van der Waals surface area contributed by atoms with E-state index in [9.17, 15) is 14.0 Å². The van der Waals surface area contributed by atoms with Crippen LogP contribution in [0.3, 0.4) is 0 Å². The van der Waals surface area contributed by atoms with E-state index in [-0.39, 0.29) is 23.2 Å². The Balaban J connectivity index is 1.20. The molecule has 1 spiro atoms. The number of rotatable bonds is 3. The molecular formula is C26H31FN4O3. The van der Waals surface area contributed by atoms with Gasteiger partial charge < -0.3 is 25.2 Å². The Hall–Kier alpha value is -3.29. The number of halogens is 1. The van der Waals surface area contributed by atoms with Crippen LogP contribution < -0.4 is 15.5 Å². The van der Waals surface area contributed by atoms with Crippen LogP contribution in [0.1, 0.15) is 30.4 Å². The number of nitrogens with one attached hydrogen (secondary N) is 2. The van der Waals surface area contributed by atoms with Gasteiger partial charge in [-0.15, -0.1) is 0 Å². The zero-order valence-corrected chi connectivity index (χ0v) is 19.7. The topological polar surface area (TPSA) is 73.9 Å². The van der Waals surface area contributed by atoms with E-state index < -0.39 is 6.04 Å². The maximum absolute atomic E-state index is 14.2. The smallest absolute Gasteiger partial charge is 0.409 e. The molecule has 2 saturated heterocycles. The average molecular weight is 467 g/mol. The Labute approximate surface area is 199 Å². The number of benzene rings is 2. The molecule has 1 unspecified atom stereocenters. The highest BCUT2D eigenvalue weighted by Crippen LogP contribution is 2.41. The zero-order chi connectivity index (χ0) is 23.9. The van der Waals surface area contributed by atoms with Crippen molar-refractivity contribution >= 4 is 29.1 Å². The first kappa shape index (κ1) is 22.5. The molecule has 1 atom stereocenters. The largest absolute Gasteiger partial charge is 0.453 e. The van der Waals surface area contributed by atoms with Crippen molar-refractivity contribution in [2.45, 2.75) is 38.6 Å². The molecule has 3 aliphatic rings. The molecule has 34 heavy (non-hydrogen) atoms. The van der Waals surface area contributed by atoms with E-state index in [0.29, 0.717) is 12.0 Å². The van der Waals surface area contributed by atoms with Crippen LogP contribution in [0.5, 0.6) is 0 Å². The Morgan fingerprint density at radius 1 is 1.15 bits per heavy atom. The molecule has 2 aromatic rings. The summed E-state index contributed by atoms with van der Waals surface area (Å²) in [4.78, 5) is 29.0. The summed E-state index contributed by atoms with van der Waals surface area (Å²) in [7, 11) is 1.43. The standard InChI is InChI=1S/C26H31FN4O3/c1-17-6-7-21(27)20-15-22(29-23(17)20)24(32)28-18-4-3-5-19(14-18)30-11-8-26(9-12-30)10-13-31(16-26)25(33)34-2/h3-7,14,22,29H,8-13,15-16H2,1-2H3,(H,28,32). The molecule has 2 aromatic carbocycles. The van der Waals surface area contributed by atoms with E-state index in [1.54, 1.807) is 6.07 Å². The highest BCUT2D eigenvalue weighted by Gasteiger charge is 2.42. The van der Waals surface area contributed by atoms with Gasteiger partial charge in [0, 0.05) is 55.2 Å². The molecule has 5 rings (SSSR count). The molecule has 7 nitrogen and oxygen atoms in total. The van der Waals surface area contributed by atoms with E-state index in [2.05, 4.69) is 21.6 Å². The van der Waals surface area contributed by atoms with Gasteiger partial charge in [0.05, 0.1) is 7.11 Å². The van der Waals surface area contributed by atoms with Gasteiger partial charge in [0.2, 0.25) is 5.91 Å². The second-order valence-corrected chi connectivity index (χ2v) is 9.79. The molecule has 0 aromatic heterocycles. The number of amides is 2. The molecule has 2 amide bonds. The fraction of sp³-hybridized carbons (Fsp3) is 0.462. The van der Waals surface area contributed by atoms with Crippen LogP contribution in [0.2, 0.25) is 0 Å². The van der Waals surface area contributed by atoms with Gasteiger partial charge in [0.1, 0.15) is 11.9 Å². The number of ether oxygens (including phenoxy) is 1. The summed E-state index contributed by atoms with van der Waals surface area (Å²) in [6.45, 7) is 5.25. The van der Waals surface area contributed by atoms with Crippen LogP contribution in [0, 0.1) is 18.2 Å². The Morgan fingerprint density at radius 2 is 1.91 bits per heavy atom. The molecular weight excluding hydrogens is 435 g/mol. The van der Waals surface area contributed by atoms with Crippen molar-refractivity contribution in [1.82, 2.24) is 4.90 Å². The number of carbonyl (C=O) groups excluding carboxylic acids is 2. The van der Waals surface area contributed by atoms with Crippen LogP contribution in [0.25, 0.3) is 0 Å². The van der Waals surface area contributed by atoms with Gasteiger partial charge in [-0.25, -0.2) is 9.18 Å². The van der Waals surface area contributed by atoms with Crippen molar-refractivity contribution in [3.8, 4) is 0 Å². The molecule has 0 radical (unpaired) electrons. The highest BCUT2D eigenvalue weighted by atomic mass is 19.1. The summed E-state index contributed by atoms with van der Waals surface area (Å²) in [5.74, 6) is -0.441. The normalized spacial score (nSPS) is 20.7. The fourth-order valence-electron chi connectivity index (χ4n) is 5.60. The summed E-state index contributed by atoms with van der Waals surface area (Å²) >= 11 is 0. The minimum absolute atomic E-state index is 0.168. The van der Waals surface area contributed by atoms with Crippen molar-refractivity contribution in [2.24, 2.45) is 5.41 Å². The van der Waals surface area contributed by atoms with Gasteiger partial charge in [-0.2, -0.15) is 0 Å². The number of aryl methyl sites for hydroxylation is 1. The quantitative estimate of drug-likeness (QED) is 0.710. The van der Waals surface area contributed by atoms with Crippen LogP contribution >= 0.6 is 0 Å². The number of nitrogens with zero attached hydrogens (tertiary/aromatic N) is 2. The number of likely N-dealkylation sites (tertiary alicyclic amines) is 1. The molecule has 2 N–H and O–H groups in total. The van der Waals surface area contributed by atoms with E-state index in [1.807, 2.05) is 30.0 Å². The van der Waals surface area contributed by atoms with E-state index in [4.69, 9.17) is 4.74 Å². The molecule has 8 heteroatoms. The maximum atomic E-state index is 14.2. The lowest BCUT2D eigenvalue weighted by atomic mass is 9.77. The lowest BCUT2D eigenvalue weighted by molar-refractivity contribution is -0.116. The number of methoxy groups -OCH3 is 1. The van der Waals surface area contributed by atoms with Crippen LogP contribution in [-0.2, 0) is 16.0 Å². The summed E-state index contributed by atoms with van der Waals surface area (Å²) in [5, 5.41) is 6.19. The number of anilines is 3. The minimum Gasteiger partial charge on any atom is -0.453 e. The number of piperidine rings is 1. The molecule has 0 aliphatic carbocycles. The first-order valence-electron chi connectivity index (χ1n) is 11.9. The Kier molecular flexibility index (Phi) is 5.83. The van der Waals surface area contributed by atoms with Gasteiger partial charge in [0.25, 0.3) is 0 Å². The van der Waals surface area contributed by atoms with E-state index in [1.165, 1.54) is 13.2 Å². The Bertz CT molecular complexity index is 1080. The summed E-state index contributed by atoms with van der Waals surface area (Å²) < 4.78 is 19.1. The summed E-state index contributed by atoms with van der Waals surface area (Å²) in [6, 6.07) is 10.6. The van der Waals surface area contributed by atoms with Crippen molar-refractivity contribution in [1.29, 1.82) is 0 Å². The third-order valence-corrected chi connectivity index (χ3v) is 7.68. The van der Waals surface area contributed by atoms with Gasteiger partial charge in [0.15, 0.2) is 0 Å². The third kappa shape index (κ3) is 4.17. The number of carbonyl (C=O) groups is 2. The fourth-order valence-corrected chi connectivity index (χ4v) is 5.60. The van der Waals surface area contributed by atoms with Gasteiger partial charge in [-0.05, 0) is 61.4 Å². The molecule has 180 valence electrons. The highest BCUT2D eigenvalue weighted by molar-refractivity contribution is 5.98. The molecule has 3 aliphatic heterocycles. The predicted molar refractivity (Wildman–Crippen MR) is 130 cm³/mol. The number of hydrogen-bond donors (Lipinski definition) is 2. The van der Waals surface area contributed by atoms with Crippen LogP contribution in [0.4, 0.5) is 26.2 Å². The number of hydrogen-bond acceptors (Lipinski definition) is 5. The second kappa shape index (κ2) is 8.81. The lowest BCUT2D eigenvalue weighted by Gasteiger charge is -2.40. The zero-order valence-electron chi connectivity index (χ0n) is 19.7. The van der Waals surface area contributed by atoms with Crippen molar-refractivity contribution in [3.63, 3.8) is 0 Å². The average Bonchev–Trinajstić information content (AvgIpc) is 3.48. The minimum atomic E-state index is -0.496. The van der Waals surface area contributed by atoms with Gasteiger partial charge in [-0.3, -0.25) is 4.79 Å². The van der Waals surface area contributed by atoms with Crippen molar-refractivity contribution in [3.05, 3.63) is 53.3 Å².